The molecule has 0 atom stereocenters. The molecular formula is C10H11Br2N5O. The maximum atomic E-state index is 5.32. The standard InChI is InChI=1S/C10H11Br2N5O/c11-8-9(12)17(6-14-8)7-5-13-10(15-7)16-1-3-18-4-2-16/h5-6H,1-4H2,(H,13,15). The number of H-pyrrole nitrogens is 1. The van der Waals surface area contributed by atoms with Gasteiger partial charge in [0.25, 0.3) is 0 Å². The summed E-state index contributed by atoms with van der Waals surface area (Å²) in [6.07, 6.45) is 3.52. The molecule has 18 heavy (non-hydrogen) atoms. The fourth-order valence-electron chi connectivity index (χ4n) is 1.84. The van der Waals surface area contributed by atoms with Crippen LogP contribution in [0, 0.1) is 0 Å². The van der Waals surface area contributed by atoms with E-state index in [4.69, 9.17) is 4.74 Å². The molecular weight excluding hydrogens is 366 g/mol. The first-order valence-corrected chi connectivity index (χ1v) is 7.11. The summed E-state index contributed by atoms with van der Waals surface area (Å²) in [5, 5.41) is 0. The average molecular weight is 377 g/mol. The van der Waals surface area contributed by atoms with Crippen molar-refractivity contribution in [2.75, 3.05) is 31.2 Å². The van der Waals surface area contributed by atoms with E-state index in [-0.39, 0.29) is 0 Å². The molecule has 0 spiro atoms. The third-order valence-corrected chi connectivity index (χ3v) is 4.66. The number of aromatic amines is 1. The number of rotatable bonds is 2. The molecule has 6 nitrogen and oxygen atoms in total. The van der Waals surface area contributed by atoms with Gasteiger partial charge in [0, 0.05) is 13.1 Å². The van der Waals surface area contributed by atoms with Gasteiger partial charge in [-0.05, 0) is 31.9 Å². The van der Waals surface area contributed by atoms with Gasteiger partial charge in [-0.1, -0.05) is 0 Å². The lowest BCUT2D eigenvalue weighted by Crippen LogP contribution is -2.36. The van der Waals surface area contributed by atoms with Crippen molar-refractivity contribution >= 4 is 37.8 Å². The fourth-order valence-corrected chi connectivity index (χ4v) is 2.51. The van der Waals surface area contributed by atoms with E-state index in [0.29, 0.717) is 0 Å². The van der Waals surface area contributed by atoms with E-state index in [1.54, 1.807) is 12.5 Å². The number of anilines is 1. The Balaban J connectivity index is 1.87. The minimum atomic E-state index is 0.746. The molecule has 0 bridgehead atoms. The molecule has 0 radical (unpaired) electrons. The number of hydrogen-bond acceptors (Lipinski definition) is 4. The van der Waals surface area contributed by atoms with E-state index in [9.17, 15) is 0 Å². The third-order valence-electron chi connectivity index (χ3n) is 2.79. The van der Waals surface area contributed by atoms with E-state index in [0.717, 1.165) is 47.3 Å². The minimum absolute atomic E-state index is 0.746. The summed E-state index contributed by atoms with van der Waals surface area (Å²) in [5.41, 5.74) is 0. The molecule has 8 heteroatoms. The van der Waals surface area contributed by atoms with Crippen LogP contribution in [0.25, 0.3) is 5.82 Å². The third kappa shape index (κ3) is 2.19. The first-order valence-electron chi connectivity index (χ1n) is 5.52. The molecule has 1 fully saturated rings. The highest BCUT2D eigenvalue weighted by Gasteiger charge is 2.15. The van der Waals surface area contributed by atoms with Crippen molar-refractivity contribution in [1.29, 1.82) is 0 Å². The highest BCUT2D eigenvalue weighted by atomic mass is 79.9. The zero-order valence-corrected chi connectivity index (χ0v) is 12.6. The van der Waals surface area contributed by atoms with Gasteiger partial charge in [0.15, 0.2) is 0 Å². The molecule has 1 aliphatic heterocycles. The fraction of sp³-hybridized carbons (Fsp3) is 0.400. The van der Waals surface area contributed by atoms with Crippen molar-refractivity contribution in [1.82, 2.24) is 19.5 Å². The number of morpholine rings is 1. The second kappa shape index (κ2) is 5.02. The van der Waals surface area contributed by atoms with Crippen LogP contribution in [0.5, 0.6) is 0 Å². The Bertz CT molecular complexity index is 546. The van der Waals surface area contributed by atoms with Crippen molar-refractivity contribution in [2.24, 2.45) is 0 Å². The molecule has 2 aromatic heterocycles. The molecule has 0 amide bonds. The monoisotopic (exact) mass is 375 g/mol. The van der Waals surface area contributed by atoms with E-state index in [2.05, 4.69) is 51.7 Å². The van der Waals surface area contributed by atoms with Gasteiger partial charge in [-0.2, -0.15) is 0 Å². The summed E-state index contributed by atoms with van der Waals surface area (Å²) in [4.78, 5) is 14.0. The molecule has 1 saturated heterocycles. The lowest BCUT2D eigenvalue weighted by molar-refractivity contribution is 0.122. The number of aromatic nitrogens is 4. The second-order valence-corrected chi connectivity index (χ2v) is 5.39. The first kappa shape index (κ1) is 12.2. The van der Waals surface area contributed by atoms with Crippen LogP contribution in [0.15, 0.2) is 21.7 Å². The van der Waals surface area contributed by atoms with Crippen LogP contribution >= 0.6 is 31.9 Å². The van der Waals surface area contributed by atoms with Crippen molar-refractivity contribution < 1.29 is 4.74 Å². The summed E-state index contributed by atoms with van der Waals surface area (Å²) in [6.45, 7) is 3.22. The van der Waals surface area contributed by atoms with E-state index < -0.39 is 0 Å². The number of imidazole rings is 2. The Hall–Kier alpha value is -0.860. The number of ether oxygens (including phenoxy) is 1. The van der Waals surface area contributed by atoms with Gasteiger partial charge < -0.3 is 14.6 Å². The van der Waals surface area contributed by atoms with Gasteiger partial charge in [-0.15, -0.1) is 0 Å². The predicted octanol–water partition coefficient (Wildman–Crippen LogP) is 1.96. The van der Waals surface area contributed by atoms with Crippen LogP contribution in [0.2, 0.25) is 0 Å². The first-order chi connectivity index (χ1) is 8.75. The van der Waals surface area contributed by atoms with Gasteiger partial charge in [-0.25, -0.2) is 9.97 Å². The van der Waals surface area contributed by atoms with Crippen LogP contribution in [0.3, 0.4) is 0 Å². The Labute approximate surface area is 121 Å². The Morgan fingerprint density at radius 2 is 2.00 bits per heavy atom. The van der Waals surface area contributed by atoms with E-state index >= 15 is 0 Å². The van der Waals surface area contributed by atoms with Crippen molar-refractivity contribution in [3.8, 4) is 5.82 Å². The van der Waals surface area contributed by atoms with Crippen molar-refractivity contribution in [2.45, 2.75) is 0 Å². The van der Waals surface area contributed by atoms with Gasteiger partial charge >= 0.3 is 0 Å². The zero-order chi connectivity index (χ0) is 12.5. The topological polar surface area (TPSA) is 59.0 Å². The zero-order valence-electron chi connectivity index (χ0n) is 9.44. The summed E-state index contributed by atoms with van der Waals surface area (Å²) in [7, 11) is 0. The average Bonchev–Trinajstić information content (AvgIpc) is 3.00. The largest absolute Gasteiger partial charge is 0.378 e. The summed E-state index contributed by atoms with van der Waals surface area (Å²) >= 11 is 6.82. The molecule has 2 aromatic rings. The molecule has 1 N–H and O–H groups in total. The van der Waals surface area contributed by atoms with Gasteiger partial charge in [0.1, 0.15) is 21.4 Å². The molecule has 0 aromatic carbocycles. The Morgan fingerprint density at radius 3 is 2.67 bits per heavy atom. The highest BCUT2D eigenvalue weighted by Crippen LogP contribution is 2.24. The lowest BCUT2D eigenvalue weighted by Gasteiger charge is -2.26. The highest BCUT2D eigenvalue weighted by molar-refractivity contribution is 9.13. The lowest BCUT2D eigenvalue weighted by atomic mass is 10.4. The summed E-state index contributed by atoms with van der Waals surface area (Å²) in [6, 6.07) is 0. The second-order valence-electron chi connectivity index (χ2n) is 3.89. The van der Waals surface area contributed by atoms with Gasteiger partial charge in [-0.3, -0.25) is 4.57 Å². The molecule has 3 heterocycles. The smallest absolute Gasteiger partial charge is 0.204 e. The summed E-state index contributed by atoms with van der Waals surface area (Å²) in [5.74, 6) is 1.74. The molecule has 0 unspecified atom stereocenters. The number of hydrogen-bond donors (Lipinski definition) is 1. The molecule has 0 saturated carbocycles. The number of halogens is 2. The van der Waals surface area contributed by atoms with Crippen molar-refractivity contribution in [3.05, 3.63) is 21.7 Å². The van der Waals surface area contributed by atoms with Crippen LogP contribution in [0.4, 0.5) is 5.95 Å². The van der Waals surface area contributed by atoms with Crippen LogP contribution in [-0.4, -0.2) is 45.8 Å². The Morgan fingerprint density at radius 1 is 1.22 bits per heavy atom. The van der Waals surface area contributed by atoms with Crippen LogP contribution < -0.4 is 4.90 Å². The summed E-state index contributed by atoms with van der Waals surface area (Å²) < 4.78 is 8.84. The van der Waals surface area contributed by atoms with Gasteiger partial charge in [0.05, 0.1) is 19.4 Å². The van der Waals surface area contributed by atoms with Crippen molar-refractivity contribution in [3.63, 3.8) is 0 Å². The molecule has 96 valence electrons. The molecule has 3 rings (SSSR count). The van der Waals surface area contributed by atoms with E-state index in [1.165, 1.54) is 0 Å². The maximum Gasteiger partial charge on any atom is 0.204 e. The maximum absolute atomic E-state index is 5.32. The normalized spacial score (nSPS) is 16.2. The predicted molar refractivity (Wildman–Crippen MR) is 74.1 cm³/mol. The molecule has 1 aliphatic rings. The minimum Gasteiger partial charge on any atom is -0.378 e. The SMILES string of the molecule is Brc1ncn(-c2cnc(N3CCOCC3)[nH]2)c1Br. The number of nitrogens with zero attached hydrogens (tertiary/aromatic N) is 4. The van der Waals surface area contributed by atoms with Crippen LogP contribution in [-0.2, 0) is 4.74 Å². The Kier molecular flexibility index (Phi) is 3.40. The molecule has 0 aliphatic carbocycles. The quantitative estimate of drug-likeness (QED) is 0.870. The van der Waals surface area contributed by atoms with E-state index in [1.807, 2.05) is 4.57 Å². The van der Waals surface area contributed by atoms with Crippen LogP contribution in [0.1, 0.15) is 0 Å². The van der Waals surface area contributed by atoms with Gasteiger partial charge in [0.2, 0.25) is 5.95 Å². The number of nitrogens with one attached hydrogen (secondary N) is 1.